The Hall–Kier alpha value is 0.272. The van der Waals surface area contributed by atoms with Crippen LogP contribution in [0.4, 0.5) is 0 Å². The molecule has 0 radical (unpaired) electrons. The average molecular weight is 216 g/mol. The lowest BCUT2D eigenvalue weighted by molar-refractivity contribution is 0.217. The average Bonchev–Trinajstić information content (AvgIpc) is 2.95. The van der Waals surface area contributed by atoms with Gasteiger partial charge in [-0.2, -0.15) is 0 Å². The van der Waals surface area contributed by atoms with Gasteiger partial charge in [-0.15, -0.1) is 0 Å². The van der Waals surface area contributed by atoms with Crippen molar-refractivity contribution in [1.29, 1.82) is 0 Å². The van der Waals surface area contributed by atoms with E-state index in [2.05, 4.69) is 19.1 Å². The Kier molecular flexibility index (Phi) is 1.95. The van der Waals surface area contributed by atoms with E-state index in [1.165, 1.54) is 23.0 Å². The van der Waals surface area contributed by atoms with Crippen LogP contribution in [-0.2, 0) is 0 Å². The molecule has 4 aliphatic rings. The molecule has 1 saturated heterocycles. The first-order chi connectivity index (χ1) is 7.40. The lowest BCUT2D eigenvalue weighted by atomic mass is 9.74. The van der Waals surface area contributed by atoms with Gasteiger partial charge in [0.2, 0.25) is 0 Å². The van der Waals surface area contributed by atoms with Crippen LogP contribution in [0.25, 0.3) is 0 Å². The molecule has 0 aromatic rings. The minimum atomic E-state index is -0.295. The van der Waals surface area contributed by atoms with Crippen molar-refractivity contribution in [3.8, 4) is 0 Å². The van der Waals surface area contributed by atoms with Crippen molar-refractivity contribution in [1.82, 2.24) is 0 Å². The zero-order valence-electron chi connectivity index (χ0n) is 9.73. The van der Waals surface area contributed by atoms with Gasteiger partial charge in [-0.25, -0.2) is 0 Å². The second-order valence-corrected chi connectivity index (χ2v) is 10.1. The van der Waals surface area contributed by atoms with Gasteiger partial charge in [0.05, 0.1) is 0 Å². The minimum absolute atomic E-state index is 0.295. The van der Waals surface area contributed by atoms with Crippen molar-refractivity contribution in [3.63, 3.8) is 0 Å². The fourth-order valence-electron chi connectivity index (χ4n) is 5.95. The van der Waals surface area contributed by atoms with Crippen LogP contribution in [0, 0.1) is 29.6 Å². The van der Waals surface area contributed by atoms with E-state index in [9.17, 15) is 0 Å². The van der Waals surface area contributed by atoms with Crippen LogP contribution in [0.3, 0.4) is 0 Å². The van der Waals surface area contributed by atoms with E-state index in [1.54, 1.807) is 23.4 Å². The van der Waals surface area contributed by atoms with Gasteiger partial charge in [-0.3, -0.25) is 0 Å². The lowest BCUT2D eigenvalue weighted by Crippen LogP contribution is -2.31. The predicted molar refractivity (Wildman–Crippen MR) is 65.2 cm³/mol. The third-order valence-corrected chi connectivity index (χ3v) is 10.5. The fraction of sp³-hybridized carbons (Fsp3) is 0.857. The van der Waals surface area contributed by atoms with E-state index < -0.39 is 0 Å². The molecule has 0 spiro atoms. The summed E-state index contributed by atoms with van der Waals surface area (Å²) in [6.07, 6.45) is 9.80. The summed E-state index contributed by atoms with van der Waals surface area (Å²) in [4.78, 5) is 0. The van der Waals surface area contributed by atoms with Crippen molar-refractivity contribution < 1.29 is 0 Å². The predicted octanol–water partition coefficient (Wildman–Crippen LogP) is 3.73. The maximum atomic E-state index is 2.59. The minimum Gasteiger partial charge on any atom is -0.0965 e. The van der Waals surface area contributed by atoms with E-state index >= 15 is 0 Å². The van der Waals surface area contributed by atoms with E-state index in [4.69, 9.17) is 0 Å². The number of fused-ring (bicyclic) bond motifs is 8. The summed E-state index contributed by atoms with van der Waals surface area (Å²) >= 11 is -0.295. The molecule has 0 amide bonds. The zero-order valence-corrected chi connectivity index (χ0v) is 10.9. The summed E-state index contributed by atoms with van der Waals surface area (Å²) in [5.74, 6) is 5.71. The summed E-state index contributed by atoms with van der Waals surface area (Å²) in [5.41, 5.74) is 0. The van der Waals surface area contributed by atoms with Gasteiger partial charge in [0.25, 0.3) is 14.1 Å². The van der Waals surface area contributed by atoms with Gasteiger partial charge in [-0.1, -0.05) is 40.8 Å². The molecule has 2 bridgehead atoms. The van der Waals surface area contributed by atoms with Gasteiger partial charge >= 0.3 is 0 Å². The Morgan fingerprint density at radius 2 is 2.13 bits per heavy atom. The standard InChI is InChI=1S/C12H16.C2H5.Al/c1-2-8-6-9-7-12(8)11-5-3-4-10(9)11;1-2;/h3,5-6,8-12H,1-2,4,7H2;1H2,2H3;/t8?,9-,10-,11-,12-;;/m1../s1. The Labute approximate surface area is 97.5 Å². The van der Waals surface area contributed by atoms with Crippen LogP contribution in [0.15, 0.2) is 12.2 Å². The normalized spacial score (nSPS) is 55.1. The second-order valence-electron chi connectivity index (χ2n) is 6.46. The smallest absolute Gasteiger partial charge is 0.0965 e. The summed E-state index contributed by atoms with van der Waals surface area (Å²) in [6, 6.07) is 0. The number of hydrogen-bond donors (Lipinski definition) is 0. The van der Waals surface area contributed by atoms with Gasteiger partial charge in [0.15, 0.2) is 0 Å². The molecule has 0 aromatic carbocycles. The second kappa shape index (κ2) is 3.15. The quantitative estimate of drug-likeness (QED) is 0.463. The highest BCUT2D eigenvalue weighted by atomic mass is 27.2. The van der Waals surface area contributed by atoms with Crippen molar-refractivity contribution in [2.45, 2.75) is 41.5 Å². The molecule has 80 valence electrons. The third-order valence-electron chi connectivity index (χ3n) is 6.33. The van der Waals surface area contributed by atoms with Crippen LogP contribution in [-0.4, -0.2) is 14.1 Å². The molecule has 1 heterocycles. The van der Waals surface area contributed by atoms with Crippen LogP contribution in [0.2, 0.25) is 15.3 Å². The summed E-state index contributed by atoms with van der Waals surface area (Å²) < 4.78 is 1.29. The zero-order chi connectivity index (χ0) is 9.99. The molecule has 3 fully saturated rings. The van der Waals surface area contributed by atoms with Crippen LogP contribution in [0.5, 0.6) is 0 Å². The molecule has 2 saturated carbocycles. The molecule has 1 heteroatoms. The highest BCUT2D eigenvalue weighted by Crippen LogP contribution is 2.68. The summed E-state index contributed by atoms with van der Waals surface area (Å²) in [6.45, 7) is 2.48. The Bertz CT molecular complexity index is 308. The number of rotatable bonds is 1. The third kappa shape index (κ3) is 1.05. The molecule has 6 atom stereocenters. The molecule has 0 N–H and O–H groups in total. The van der Waals surface area contributed by atoms with Gasteiger partial charge < -0.3 is 0 Å². The lowest BCUT2D eigenvalue weighted by Gasteiger charge is -2.36. The molecule has 4 rings (SSSR count). The first-order valence-electron chi connectivity index (χ1n) is 7.06. The van der Waals surface area contributed by atoms with Gasteiger partial charge in [-0.05, 0) is 42.4 Å². The summed E-state index contributed by atoms with van der Waals surface area (Å²) in [7, 11) is 0. The van der Waals surface area contributed by atoms with Crippen molar-refractivity contribution >= 4 is 14.1 Å². The van der Waals surface area contributed by atoms with Crippen molar-refractivity contribution in [2.24, 2.45) is 29.6 Å². The van der Waals surface area contributed by atoms with E-state index in [0.29, 0.717) is 0 Å². The number of hydrogen-bond acceptors (Lipinski definition) is 0. The topological polar surface area (TPSA) is 0 Å². The molecule has 0 nitrogen and oxygen atoms in total. The molecule has 0 aromatic heterocycles. The van der Waals surface area contributed by atoms with Crippen LogP contribution >= 0.6 is 0 Å². The summed E-state index contributed by atoms with van der Waals surface area (Å²) in [5, 5.41) is 3.29. The van der Waals surface area contributed by atoms with Crippen LogP contribution in [0.1, 0.15) is 26.2 Å². The molecule has 15 heavy (non-hydrogen) atoms. The Morgan fingerprint density at radius 1 is 1.20 bits per heavy atom. The molecular formula is C14H21Al. The molecule has 3 aliphatic carbocycles. The maximum Gasteiger partial charge on any atom is 0.266 e. The van der Waals surface area contributed by atoms with E-state index in [-0.39, 0.29) is 14.1 Å². The molecular weight excluding hydrogens is 195 g/mol. The first-order valence-corrected chi connectivity index (χ1v) is 9.36. The molecule has 2 unspecified atom stereocenters. The van der Waals surface area contributed by atoms with E-state index in [1.807, 2.05) is 0 Å². The Morgan fingerprint density at radius 3 is 3.00 bits per heavy atom. The number of allylic oxidation sites excluding steroid dienone is 2. The van der Waals surface area contributed by atoms with Crippen LogP contribution < -0.4 is 0 Å². The highest BCUT2D eigenvalue weighted by molar-refractivity contribution is 6.61. The van der Waals surface area contributed by atoms with Gasteiger partial charge in [0, 0.05) is 0 Å². The monoisotopic (exact) mass is 216 g/mol. The maximum absolute atomic E-state index is 2.59. The van der Waals surface area contributed by atoms with Gasteiger partial charge in [0.1, 0.15) is 0 Å². The Balaban J connectivity index is 1.68. The largest absolute Gasteiger partial charge is 0.266 e. The van der Waals surface area contributed by atoms with Crippen molar-refractivity contribution in [3.05, 3.63) is 12.2 Å². The fourth-order valence-corrected chi connectivity index (χ4v) is 10.4. The molecule has 1 aliphatic heterocycles. The SMILES string of the molecule is C[CH2][Al]1[CH2]CC2[CH]1[C@@H]1C[C@H]2[C@@H]2C=CC[C@@H]21. The van der Waals surface area contributed by atoms with E-state index in [0.717, 1.165) is 17.8 Å². The first kappa shape index (κ1) is 9.32. The van der Waals surface area contributed by atoms with Crippen molar-refractivity contribution in [2.75, 3.05) is 0 Å². The highest BCUT2D eigenvalue weighted by Gasteiger charge is 2.61.